The number of aromatic nitrogens is 2. The lowest BCUT2D eigenvalue weighted by Gasteiger charge is -2.07. The zero-order chi connectivity index (χ0) is 12.8. The maximum Gasteiger partial charge on any atom is 0.119 e. The van der Waals surface area contributed by atoms with Crippen LogP contribution in [-0.4, -0.2) is 23.3 Å². The summed E-state index contributed by atoms with van der Waals surface area (Å²) in [5.41, 5.74) is 3.43. The topological polar surface area (TPSA) is 49.9 Å². The molecule has 0 radical (unpaired) electrons. The maximum atomic E-state index is 5.60. The van der Waals surface area contributed by atoms with Crippen molar-refractivity contribution in [2.24, 2.45) is 0 Å². The lowest BCUT2D eigenvalue weighted by molar-refractivity contribution is 0.313. The van der Waals surface area contributed by atoms with Crippen molar-refractivity contribution in [3.05, 3.63) is 47.3 Å². The number of nitrogens with zero attached hydrogens (tertiary/aromatic N) is 1. The summed E-state index contributed by atoms with van der Waals surface area (Å²) in [6, 6.07) is 9.85. The Labute approximate surface area is 120 Å². The molecule has 1 heterocycles. The smallest absolute Gasteiger partial charge is 0.119 e. The summed E-state index contributed by atoms with van der Waals surface area (Å²) >= 11 is 0. The Kier molecular flexibility index (Phi) is 6.39. The number of H-pyrrole nitrogens is 1. The summed E-state index contributed by atoms with van der Waals surface area (Å²) in [6.45, 7) is 6.36. The molecule has 0 saturated heterocycles. The first kappa shape index (κ1) is 15.5. The van der Waals surface area contributed by atoms with Gasteiger partial charge in [-0.25, -0.2) is 0 Å². The van der Waals surface area contributed by atoms with Crippen LogP contribution in [0.4, 0.5) is 0 Å². The fourth-order valence-electron chi connectivity index (χ4n) is 1.81. The molecule has 5 heteroatoms. The van der Waals surface area contributed by atoms with Gasteiger partial charge in [-0.3, -0.25) is 5.10 Å². The van der Waals surface area contributed by atoms with Crippen molar-refractivity contribution in [2.75, 3.05) is 13.2 Å². The minimum atomic E-state index is 0. The van der Waals surface area contributed by atoms with Crippen LogP contribution < -0.4 is 10.1 Å². The van der Waals surface area contributed by atoms with Crippen LogP contribution in [0.1, 0.15) is 17.0 Å². The number of ether oxygens (including phenoxy) is 1. The predicted molar refractivity (Wildman–Crippen MR) is 79.0 cm³/mol. The van der Waals surface area contributed by atoms with E-state index in [4.69, 9.17) is 4.74 Å². The van der Waals surface area contributed by atoms with E-state index in [0.29, 0.717) is 6.61 Å². The number of rotatable bonds is 6. The fraction of sp³-hybridized carbons (Fsp3) is 0.357. The Morgan fingerprint density at radius 2 is 1.95 bits per heavy atom. The van der Waals surface area contributed by atoms with Gasteiger partial charge in [0.15, 0.2) is 0 Å². The van der Waals surface area contributed by atoms with Gasteiger partial charge in [0.2, 0.25) is 0 Å². The summed E-state index contributed by atoms with van der Waals surface area (Å²) in [4.78, 5) is 0. The molecule has 2 rings (SSSR count). The standard InChI is InChI=1S/C14H19N3O.ClH/c1-11-14(12(2)17-16-11)10-15-8-9-18-13-6-4-3-5-7-13;/h3-7,15H,8-10H2,1-2H3,(H,16,17);1H. The van der Waals surface area contributed by atoms with E-state index in [1.54, 1.807) is 0 Å². The Balaban J connectivity index is 0.00000180. The van der Waals surface area contributed by atoms with Crippen molar-refractivity contribution >= 4 is 12.4 Å². The Bertz CT molecular complexity index is 465. The second kappa shape index (κ2) is 7.81. The summed E-state index contributed by atoms with van der Waals surface area (Å²) < 4.78 is 5.60. The molecule has 1 aromatic carbocycles. The lowest BCUT2D eigenvalue weighted by Crippen LogP contribution is -2.21. The Hall–Kier alpha value is -1.52. The summed E-state index contributed by atoms with van der Waals surface area (Å²) in [7, 11) is 0. The molecule has 0 spiro atoms. The number of benzene rings is 1. The van der Waals surface area contributed by atoms with Crippen molar-refractivity contribution in [1.29, 1.82) is 0 Å². The molecule has 2 N–H and O–H groups in total. The van der Waals surface area contributed by atoms with Gasteiger partial charge in [0.25, 0.3) is 0 Å². The van der Waals surface area contributed by atoms with Crippen LogP contribution >= 0.6 is 12.4 Å². The average molecular weight is 282 g/mol. The quantitative estimate of drug-likeness (QED) is 0.800. The number of hydrogen-bond acceptors (Lipinski definition) is 3. The third-order valence-corrected chi connectivity index (χ3v) is 2.87. The van der Waals surface area contributed by atoms with Gasteiger partial charge in [-0.05, 0) is 26.0 Å². The molecule has 0 saturated carbocycles. The van der Waals surface area contributed by atoms with E-state index in [0.717, 1.165) is 30.2 Å². The van der Waals surface area contributed by atoms with Crippen molar-refractivity contribution in [3.8, 4) is 5.75 Å². The van der Waals surface area contributed by atoms with E-state index in [9.17, 15) is 0 Å². The minimum Gasteiger partial charge on any atom is -0.492 e. The third-order valence-electron chi connectivity index (χ3n) is 2.87. The van der Waals surface area contributed by atoms with Gasteiger partial charge in [-0.1, -0.05) is 18.2 Å². The highest BCUT2D eigenvalue weighted by atomic mass is 35.5. The zero-order valence-electron chi connectivity index (χ0n) is 11.3. The predicted octanol–water partition coefficient (Wildman–Crippen LogP) is 2.62. The molecule has 1 aromatic heterocycles. The average Bonchev–Trinajstić information content (AvgIpc) is 2.71. The maximum absolute atomic E-state index is 5.60. The zero-order valence-corrected chi connectivity index (χ0v) is 12.1. The van der Waals surface area contributed by atoms with Crippen LogP contribution in [0.15, 0.2) is 30.3 Å². The summed E-state index contributed by atoms with van der Waals surface area (Å²) in [5.74, 6) is 0.912. The molecule has 0 atom stereocenters. The molecule has 0 amide bonds. The van der Waals surface area contributed by atoms with Gasteiger partial charge in [-0.2, -0.15) is 5.10 Å². The van der Waals surface area contributed by atoms with Crippen LogP contribution in [0.5, 0.6) is 5.75 Å². The van der Waals surface area contributed by atoms with E-state index in [2.05, 4.69) is 15.5 Å². The second-order valence-electron chi connectivity index (χ2n) is 4.25. The lowest BCUT2D eigenvalue weighted by atomic mass is 10.2. The van der Waals surface area contributed by atoms with Crippen molar-refractivity contribution in [3.63, 3.8) is 0 Å². The van der Waals surface area contributed by atoms with Gasteiger partial charge < -0.3 is 10.1 Å². The summed E-state index contributed by atoms with van der Waals surface area (Å²) in [6.07, 6.45) is 0. The first-order valence-corrected chi connectivity index (χ1v) is 6.16. The second-order valence-corrected chi connectivity index (χ2v) is 4.25. The molecule has 2 aromatic rings. The van der Waals surface area contributed by atoms with Crippen molar-refractivity contribution < 1.29 is 4.74 Å². The van der Waals surface area contributed by atoms with Crippen LogP contribution in [0.2, 0.25) is 0 Å². The monoisotopic (exact) mass is 281 g/mol. The highest BCUT2D eigenvalue weighted by molar-refractivity contribution is 5.85. The minimum absolute atomic E-state index is 0. The number of aryl methyl sites for hydroxylation is 2. The van der Waals surface area contributed by atoms with E-state index in [-0.39, 0.29) is 12.4 Å². The molecule has 0 fully saturated rings. The molecule has 0 aliphatic rings. The van der Waals surface area contributed by atoms with E-state index >= 15 is 0 Å². The largest absolute Gasteiger partial charge is 0.492 e. The van der Waals surface area contributed by atoms with E-state index in [1.165, 1.54) is 5.56 Å². The van der Waals surface area contributed by atoms with Gasteiger partial charge in [0, 0.05) is 24.3 Å². The number of halogens is 1. The molecule has 0 bridgehead atoms. The Morgan fingerprint density at radius 1 is 1.21 bits per heavy atom. The van der Waals surface area contributed by atoms with Crippen LogP contribution in [0.3, 0.4) is 0 Å². The van der Waals surface area contributed by atoms with Gasteiger partial charge in [0.1, 0.15) is 12.4 Å². The van der Waals surface area contributed by atoms with Crippen LogP contribution in [-0.2, 0) is 6.54 Å². The van der Waals surface area contributed by atoms with Crippen molar-refractivity contribution in [2.45, 2.75) is 20.4 Å². The van der Waals surface area contributed by atoms with Crippen LogP contribution in [0, 0.1) is 13.8 Å². The molecule has 0 aliphatic carbocycles. The van der Waals surface area contributed by atoms with Gasteiger partial charge >= 0.3 is 0 Å². The highest BCUT2D eigenvalue weighted by Gasteiger charge is 2.04. The molecule has 0 aliphatic heterocycles. The molecule has 4 nitrogen and oxygen atoms in total. The normalized spacial score (nSPS) is 10.0. The molecule has 0 unspecified atom stereocenters. The first-order valence-electron chi connectivity index (χ1n) is 6.16. The molecule has 19 heavy (non-hydrogen) atoms. The SMILES string of the molecule is Cc1n[nH]c(C)c1CNCCOc1ccccc1.Cl. The number of aromatic amines is 1. The summed E-state index contributed by atoms with van der Waals surface area (Å²) in [5, 5.41) is 10.5. The number of para-hydroxylation sites is 1. The van der Waals surface area contributed by atoms with Crippen LogP contribution in [0.25, 0.3) is 0 Å². The Morgan fingerprint density at radius 3 is 2.58 bits per heavy atom. The number of hydrogen-bond donors (Lipinski definition) is 2. The van der Waals surface area contributed by atoms with Gasteiger partial charge in [0.05, 0.1) is 5.69 Å². The van der Waals surface area contributed by atoms with Crippen molar-refractivity contribution in [1.82, 2.24) is 15.5 Å². The third kappa shape index (κ3) is 4.58. The fourth-order valence-corrected chi connectivity index (χ4v) is 1.81. The molecular weight excluding hydrogens is 262 g/mol. The highest BCUT2D eigenvalue weighted by Crippen LogP contribution is 2.09. The van der Waals surface area contributed by atoms with E-state index in [1.807, 2.05) is 44.2 Å². The van der Waals surface area contributed by atoms with E-state index < -0.39 is 0 Å². The first-order chi connectivity index (χ1) is 8.77. The molecular formula is C14H20ClN3O. The van der Waals surface area contributed by atoms with Gasteiger partial charge in [-0.15, -0.1) is 12.4 Å². The number of nitrogens with one attached hydrogen (secondary N) is 2. The molecule has 104 valence electrons.